The van der Waals surface area contributed by atoms with Gasteiger partial charge in [-0.15, -0.1) is 0 Å². The molecule has 0 fully saturated rings. The molecule has 0 aliphatic rings. The first-order valence-electron chi connectivity index (χ1n) is 8.74. The van der Waals surface area contributed by atoms with Crippen molar-refractivity contribution in [3.8, 4) is 5.75 Å². The molecule has 0 saturated carbocycles. The van der Waals surface area contributed by atoms with Gasteiger partial charge in [0.05, 0.1) is 7.11 Å². The molecule has 0 spiro atoms. The lowest BCUT2D eigenvalue weighted by Crippen LogP contribution is -2.30. The Morgan fingerprint density at radius 2 is 1.93 bits per heavy atom. The summed E-state index contributed by atoms with van der Waals surface area (Å²) < 4.78 is 29.3. The molecule has 3 rings (SSSR count). The highest BCUT2D eigenvalue weighted by Gasteiger charge is 2.21. The number of ether oxygens (including phenoxy) is 2. The Kier molecular flexibility index (Phi) is 5.93. The number of para-hydroxylation sites is 2. The molecule has 0 unspecified atom stereocenters. The third-order valence-corrected chi connectivity index (χ3v) is 4.34. The van der Waals surface area contributed by atoms with E-state index in [9.17, 15) is 14.0 Å². The molecule has 0 atom stereocenters. The van der Waals surface area contributed by atoms with Crippen LogP contribution in [-0.2, 0) is 16.0 Å². The van der Waals surface area contributed by atoms with Crippen molar-refractivity contribution in [2.24, 2.45) is 0 Å². The quantitative estimate of drug-likeness (QED) is 0.631. The van der Waals surface area contributed by atoms with Gasteiger partial charge in [0, 0.05) is 17.5 Å². The molecule has 0 saturated heterocycles. The highest BCUT2D eigenvalue weighted by molar-refractivity contribution is 5.96. The summed E-state index contributed by atoms with van der Waals surface area (Å²) in [7, 11) is 1.59. The maximum Gasteiger partial charge on any atom is 0.375 e. The van der Waals surface area contributed by atoms with Crippen molar-refractivity contribution < 1.29 is 27.9 Å². The van der Waals surface area contributed by atoms with E-state index in [-0.39, 0.29) is 11.3 Å². The Hall–Kier alpha value is -3.35. The van der Waals surface area contributed by atoms with Gasteiger partial charge in [-0.1, -0.05) is 30.3 Å². The van der Waals surface area contributed by atoms with Crippen molar-refractivity contribution in [3.05, 3.63) is 65.2 Å². The Labute approximate surface area is 161 Å². The van der Waals surface area contributed by atoms with Gasteiger partial charge in [-0.25, -0.2) is 9.18 Å². The number of fused-ring (bicyclic) bond motifs is 1. The van der Waals surface area contributed by atoms with E-state index in [1.54, 1.807) is 20.1 Å². The van der Waals surface area contributed by atoms with Crippen LogP contribution in [0.2, 0.25) is 0 Å². The zero-order chi connectivity index (χ0) is 20.1. The smallest absolute Gasteiger partial charge is 0.375 e. The number of halogens is 1. The molecule has 0 aliphatic carbocycles. The molecule has 2 aromatic carbocycles. The Morgan fingerprint density at radius 1 is 1.14 bits per heavy atom. The van der Waals surface area contributed by atoms with Crippen LogP contribution in [0.15, 0.2) is 46.9 Å². The largest absolute Gasteiger partial charge is 0.496 e. The van der Waals surface area contributed by atoms with Crippen molar-refractivity contribution in [1.29, 1.82) is 0 Å². The molecule has 28 heavy (non-hydrogen) atoms. The van der Waals surface area contributed by atoms with E-state index in [4.69, 9.17) is 13.9 Å². The molecule has 1 amide bonds. The lowest BCUT2D eigenvalue weighted by Gasteiger charge is -2.09. The Morgan fingerprint density at radius 3 is 2.68 bits per heavy atom. The fourth-order valence-electron chi connectivity index (χ4n) is 2.90. The minimum Gasteiger partial charge on any atom is -0.496 e. The number of carbonyl (C=O) groups excluding carboxylic acids is 2. The third kappa shape index (κ3) is 4.14. The first-order valence-corrected chi connectivity index (χ1v) is 8.74. The summed E-state index contributed by atoms with van der Waals surface area (Å²) in [6.45, 7) is 1.55. The minimum absolute atomic E-state index is 0.00629. The predicted molar refractivity (Wildman–Crippen MR) is 101 cm³/mol. The molecule has 0 radical (unpaired) electrons. The Balaban J connectivity index is 1.53. The first kappa shape index (κ1) is 19.4. The van der Waals surface area contributed by atoms with Crippen LogP contribution in [0.25, 0.3) is 11.0 Å². The van der Waals surface area contributed by atoms with Gasteiger partial charge in [-0.2, -0.15) is 0 Å². The zero-order valence-corrected chi connectivity index (χ0v) is 15.6. The molecular weight excluding hydrogens is 365 g/mol. The molecule has 0 bridgehead atoms. The second kappa shape index (κ2) is 8.56. The summed E-state index contributed by atoms with van der Waals surface area (Å²) in [5.41, 5.74) is 1.42. The average molecular weight is 385 g/mol. The van der Waals surface area contributed by atoms with Crippen LogP contribution in [-0.4, -0.2) is 32.1 Å². The van der Waals surface area contributed by atoms with E-state index in [1.807, 2.05) is 24.3 Å². The molecule has 1 aromatic heterocycles. The van der Waals surface area contributed by atoms with Gasteiger partial charge in [0.25, 0.3) is 5.91 Å². The van der Waals surface area contributed by atoms with Crippen LogP contribution in [0.4, 0.5) is 4.39 Å². The molecule has 1 heterocycles. The third-order valence-electron chi connectivity index (χ3n) is 4.34. The van der Waals surface area contributed by atoms with Crippen molar-refractivity contribution >= 4 is 22.8 Å². The van der Waals surface area contributed by atoms with E-state index >= 15 is 0 Å². The summed E-state index contributed by atoms with van der Waals surface area (Å²) in [6.07, 6.45) is 0.575. The average Bonchev–Trinajstić information content (AvgIpc) is 3.05. The number of hydrogen-bond acceptors (Lipinski definition) is 5. The normalized spacial score (nSPS) is 10.7. The summed E-state index contributed by atoms with van der Waals surface area (Å²) >= 11 is 0. The summed E-state index contributed by atoms with van der Waals surface area (Å²) in [4.78, 5) is 24.1. The number of esters is 1. The lowest BCUT2D eigenvalue weighted by molar-refractivity contribution is -0.124. The van der Waals surface area contributed by atoms with Gasteiger partial charge in [-0.3, -0.25) is 4.79 Å². The topological polar surface area (TPSA) is 77.8 Å². The van der Waals surface area contributed by atoms with Gasteiger partial charge in [-0.05, 0) is 31.0 Å². The number of carbonyl (C=O) groups is 2. The van der Waals surface area contributed by atoms with Gasteiger partial charge in [0.1, 0.15) is 5.75 Å². The van der Waals surface area contributed by atoms with Crippen molar-refractivity contribution in [2.45, 2.75) is 13.3 Å². The van der Waals surface area contributed by atoms with E-state index in [0.717, 1.165) is 11.3 Å². The molecule has 1 N–H and O–H groups in total. The highest BCUT2D eigenvalue weighted by Crippen LogP contribution is 2.27. The predicted octanol–water partition coefficient (Wildman–Crippen LogP) is 3.40. The maximum absolute atomic E-state index is 13.8. The number of hydrogen-bond donors (Lipinski definition) is 1. The van der Waals surface area contributed by atoms with E-state index in [2.05, 4.69) is 5.32 Å². The molecule has 3 aromatic rings. The van der Waals surface area contributed by atoms with Crippen molar-refractivity contribution in [2.75, 3.05) is 20.3 Å². The Bertz CT molecular complexity index is 1010. The second-order valence-corrected chi connectivity index (χ2v) is 6.16. The van der Waals surface area contributed by atoms with Crippen LogP contribution >= 0.6 is 0 Å². The number of amides is 1. The number of aryl methyl sites for hydroxylation is 1. The minimum atomic E-state index is -0.812. The van der Waals surface area contributed by atoms with E-state index in [1.165, 1.54) is 12.1 Å². The van der Waals surface area contributed by atoms with Gasteiger partial charge in [0.15, 0.2) is 18.0 Å². The fourth-order valence-corrected chi connectivity index (χ4v) is 2.90. The molecular formula is C21H20FNO5. The van der Waals surface area contributed by atoms with Crippen LogP contribution in [0, 0.1) is 12.7 Å². The number of furan rings is 1. The van der Waals surface area contributed by atoms with E-state index < -0.39 is 24.3 Å². The monoisotopic (exact) mass is 385 g/mol. The molecule has 6 nitrogen and oxygen atoms in total. The standard InChI is InChI=1S/C21H20FNO5/c1-13-15-7-5-8-16(22)20(15)28-19(13)21(25)27-12-18(24)23-11-10-14-6-3-4-9-17(14)26-2/h3-9H,10-12H2,1-2H3,(H,23,24). The molecule has 7 heteroatoms. The van der Waals surface area contributed by atoms with E-state index in [0.29, 0.717) is 23.9 Å². The lowest BCUT2D eigenvalue weighted by atomic mass is 10.1. The first-order chi connectivity index (χ1) is 13.5. The highest BCUT2D eigenvalue weighted by atomic mass is 19.1. The van der Waals surface area contributed by atoms with Crippen LogP contribution < -0.4 is 10.1 Å². The van der Waals surface area contributed by atoms with Crippen molar-refractivity contribution in [1.82, 2.24) is 5.32 Å². The summed E-state index contributed by atoms with van der Waals surface area (Å²) in [5, 5.41) is 3.17. The molecule has 146 valence electrons. The number of methoxy groups -OCH3 is 1. The second-order valence-electron chi connectivity index (χ2n) is 6.16. The number of rotatable bonds is 7. The number of nitrogens with one attached hydrogen (secondary N) is 1. The zero-order valence-electron chi connectivity index (χ0n) is 15.6. The summed E-state index contributed by atoms with van der Waals surface area (Å²) in [5.74, 6) is -1.18. The van der Waals surface area contributed by atoms with Crippen LogP contribution in [0.5, 0.6) is 5.75 Å². The van der Waals surface area contributed by atoms with Crippen LogP contribution in [0.3, 0.4) is 0 Å². The van der Waals surface area contributed by atoms with Crippen LogP contribution in [0.1, 0.15) is 21.7 Å². The molecule has 0 aliphatic heterocycles. The SMILES string of the molecule is COc1ccccc1CCNC(=O)COC(=O)c1oc2c(F)cccc2c1C. The van der Waals surface area contributed by atoms with Gasteiger partial charge >= 0.3 is 5.97 Å². The summed E-state index contributed by atoms with van der Waals surface area (Å²) in [6, 6.07) is 11.9. The maximum atomic E-state index is 13.8. The fraction of sp³-hybridized carbons (Fsp3) is 0.238. The van der Waals surface area contributed by atoms with Gasteiger partial charge in [0.2, 0.25) is 5.76 Å². The van der Waals surface area contributed by atoms with Gasteiger partial charge < -0.3 is 19.2 Å². The number of benzene rings is 2. The van der Waals surface area contributed by atoms with Crippen molar-refractivity contribution in [3.63, 3.8) is 0 Å².